The summed E-state index contributed by atoms with van der Waals surface area (Å²) in [7, 11) is 0. The van der Waals surface area contributed by atoms with E-state index in [1.54, 1.807) is 0 Å². The molecule has 0 saturated carbocycles. The molecule has 4 N–H and O–H groups in total. The molecule has 188 valence electrons. The van der Waals surface area contributed by atoms with E-state index in [9.17, 15) is 24.0 Å². The first-order valence-electron chi connectivity index (χ1n) is 11.6. The molecule has 1 fully saturated rings. The van der Waals surface area contributed by atoms with Gasteiger partial charge in [0.25, 0.3) is 5.91 Å². The number of amides is 4. The topological polar surface area (TPSA) is 143 Å². The lowest BCUT2D eigenvalue weighted by atomic mass is 9.96. The van der Waals surface area contributed by atoms with Gasteiger partial charge in [0.1, 0.15) is 12.1 Å². The normalized spacial score (nSPS) is 19.2. The van der Waals surface area contributed by atoms with E-state index in [-0.39, 0.29) is 36.8 Å². The maximum atomic E-state index is 13.1. The van der Waals surface area contributed by atoms with E-state index in [0.29, 0.717) is 12.8 Å². The van der Waals surface area contributed by atoms with Crippen LogP contribution >= 0.6 is 0 Å². The second-order valence-electron chi connectivity index (χ2n) is 10.3. The minimum absolute atomic E-state index is 0.0677. The smallest absolute Gasteiger partial charge is 0.407 e. The Morgan fingerprint density at radius 3 is 2.27 bits per heavy atom. The number of carbonyl (C=O) groups is 5. The number of ketones is 1. The third-order valence-electron chi connectivity index (χ3n) is 5.32. The third kappa shape index (κ3) is 9.79. The van der Waals surface area contributed by atoms with Crippen LogP contribution < -0.4 is 21.3 Å². The van der Waals surface area contributed by atoms with Gasteiger partial charge in [0.2, 0.25) is 17.6 Å². The van der Waals surface area contributed by atoms with Gasteiger partial charge in [-0.2, -0.15) is 0 Å². The fourth-order valence-electron chi connectivity index (χ4n) is 3.23. The molecule has 1 rings (SSSR count). The first-order chi connectivity index (χ1) is 15.2. The molecule has 1 aliphatic heterocycles. The van der Waals surface area contributed by atoms with E-state index < -0.39 is 47.7 Å². The van der Waals surface area contributed by atoms with Crippen LogP contribution in [0.3, 0.4) is 0 Å². The molecule has 0 aliphatic carbocycles. The second-order valence-corrected chi connectivity index (χ2v) is 10.3. The third-order valence-corrected chi connectivity index (χ3v) is 5.32. The summed E-state index contributed by atoms with van der Waals surface area (Å²) in [5.41, 5.74) is -0.223. The number of carbonyl (C=O) groups excluding carboxylic acids is 5. The number of alkyl carbamates (subject to hydrolysis) is 1. The van der Waals surface area contributed by atoms with E-state index in [2.05, 4.69) is 21.3 Å². The Bertz CT molecular complexity index is 731. The maximum Gasteiger partial charge on any atom is 0.407 e. The summed E-state index contributed by atoms with van der Waals surface area (Å²) in [6.07, 6.45) is 0.528. The summed E-state index contributed by atoms with van der Waals surface area (Å²) >= 11 is 0. The van der Waals surface area contributed by atoms with Crippen LogP contribution in [0, 0.1) is 17.3 Å². The van der Waals surface area contributed by atoms with E-state index >= 15 is 0 Å². The zero-order chi connectivity index (χ0) is 25.3. The average Bonchev–Trinajstić information content (AvgIpc) is 2.71. The van der Waals surface area contributed by atoms with E-state index in [0.717, 1.165) is 0 Å². The highest BCUT2D eigenvalue weighted by Crippen LogP contribution is 2.14. The van der Waals surface area contributed by atoms with Gasteiger partial charge < -0.3 is 26.0 Å². The monoisotopic (exact) mass is 468 g/mol. The lowest BCUT2D eigenvalue weighted by Crippen LogP contribution is -2.59. The van der Waals surface area contributed by atoms with Crippen molar-refractivity contribution in [1.29, 1.82) is 0 Å². The number of ether oxygens (including phenoxy) is 1. The van der Waals surface area contributed by atoms with Gasteiger partial charge in [-0.05, 0) is 30.1 Å². The summed E-state index contributed by atoms with van der Waals surface area (Å²) in [5, 5.41) is 10.4. The predicted octanol–water partition coefficient (Wildman–Crippen LogP) is 1.28. The van der Waals surface area contributed by atoms with Crippen LogP contribution in [0.15, 0.2) is 0 Å². The highest BCUT2D eigenvalue weighted by Gasteiger charge is 2.35. The minimum atomic E-state index is -0.923. The Labute approximate surface area is 196 Å². The van der Waals surface area contributed by atoms with Crippen LogP contribution in [-0.4, -0.2) is 60.9 Å². The molecule has 4 atom stereocenters. The zero-order valence-corrected chi connectivity index (χ0v) is 20.9. The number of rotatable bonds is 10. The average molecular weight is 469 g/mol. The number of Topliss-reactive ketones (excluding diaryl/α,β-unsaturated/α-hetero) is 1. The quantitative estimate of drug-likeness (QED) is 0.356. The van der Waals surface area contributed by atoms with Gasteiger partial charge in [0, 0.05) is 6.54 Å². The molecule has 1 aliphatic rings. The lowest BCUT2D eigenvalue weighted by Gasteiger charge is -2.29. The zero-order valence-electron chi connectivity index (χ0n) is 20.9. The van der Waals surface area contributed by atoms with Crippen LogP contribution in [0.25, 0.3) is 0 Å². The van der Waals surface area contributed by atoms with Gasteiger partial charge in [-0.15, -0.1) is 0 Å². The van der Waals surface area contributed by atoms with Crippen LogP contribution in [0.4, 0.5) is 4.79 Å². The highest BCUT2D eigenvalue weighted by atomic mass is 16.5. The fourth-order valence-corrected chi connectivity index (χ4v) is 3.23. The van der Waals surface area contributed by atoms with Crippen LogP contribution in [-0.2, 0) is 23.9 Å². The Balaban J connectivity index is 2.90. The van der Waals surface area contributed by atoms with Crippen molar-refractivity contribution in [3.63, 3.8) is 0 Å². The molecule has 0 aromatic carbocycles. The molecular formula is C23H40N4O6. The van der Waals surface area contributed by atoms with Crippen LogP contribution in [0.5, 0.6) is 0 Å². The molecule has 33 heavy (non-hydrogen) atoms. The highest BCUT2D eigenvalue weighted by molar-refractivity contribution is 6.39. The number of hydrogen-bond acceptors (Lipinski definition) is 6. The molecule has 1 heterocycles. The Hall–Kier alpha value is -2.65. The Morgan fingerprint density at radius 2 is 1.73 bits per heavy atom. The Morgan fingerprint density at radius 1 is 1.09 bits per heavy atom. The van der Waals surface area contributed by atoms with Gasteiger partial charge in [0.05, 0.1) is 12.6 Å². The summed E-state index contributed by atoms with van der Waals surface area (Å²) < 4.78 is 5.24. The van der Waals surface area contributed by atoms with Gasteiger partial charge in [-0.1, -0.05) is 54.9 Å². The van der Waals surface area contributed by atoms with Crippen molar-refractivity contribution < 1.29 is 28.7 Å². The number of piperidine rings is 1. The molecule has 1 saturated heterocycles. The number of hydrogen-bond donors (Lipinski definition) is 4. The van der Waals surface area contributed by atoms with Crippen LogP contribution in [0.2, 0.25) is 0 Å². The van der Waals surface area contributed by atoms with Crippen molar-refractivity contribution >= 4 is 29.6 Å². The van der Waals surface area contributed by atoms with Crippen molar-refractivity contribution in [1.82, 2.24) is 21.3 Å². The van der Waals surface area contributed by atoms with E-state index in [1.807, 2.05) is 48.5 Å². The first kappa shape index (κ1) is 28.4. The van der Waals surface area contributed by atoms with Gasteiger partial charge in [-0.25, -0.2) is 4.79 Å². The summed E-state index contributed by atoms with van der Waals surface area (Å²) in [6.45, 7) is 13.8. The first-order valence-corrected chi connectivity index (χ1v) is 11.6. The molecule has 10 nitrogen and oxygen atoms in total. The molecule has 0 aromatic heterocycles. The predicted molar refractivity (Wildman–Crippen MR) is 123 cm³/mol. The SMILES string of the molecule is CCC(C)C(NC(=O)OCC(C)(C)C)C(=O)NC(CC(C)C)C(=O)NC1CCNC(=O)C1=O. The second kappa shape index (κ2) is 12.6. The van der Waals surface area contributed by atoms with Gasteiger partial charge in [-0.3, -0.25) is 19.2 Å². The Kier molecular flexibility index (Phi) is 10.8. The van der Waals surface area contributed by atoms with Crippen molar-refractivity contribution in [2.24, 2.45) is 17.3 Å². The molecule has 0 radical (unpaired) electrons. The molecule has 10 heteroatoms. The lowest BCUT2D eigenvalue weighted by molar-refractivity contribution is -0.142. The largest absolute Gasteiger partial charge is 0.449 e. The standard InChI is InChI=1S/C23H40N4O6/c1-8-14(4)17(27-22(32)33-12-23(5,6)7)20(30)26-16(11-13(2)3)19(29)25-15-9-10-24-21(31)18(15)28/h13-17H,8-12H2,1-7H3,(H,24,31)(H,25,29)(H,26,30)(H,27,32). The minimum Gasteiger partial charge on any atom is -0.449 e. The molecule has 4 amide bonds. The molecule has 4 unspecified atom stereocenters. The molecule has 0 spiro atoms. The van der Waals surface area contributed by atoms with Crippen LogP contribution in [0.1, 0.15) is 67.7 Å². The summed E-state index contributed by atoms with van der Waals surface area (Å²) in [5.74, 6) is -2.62. The van der Waals surface area contributed by atoms with Crippen molar-refractivity contribution in [2.75, 3.05) is 13.2 Å². The summed E-state index contributed by atoms with van der Waals surface area (Å²) in [6, 6.07) is -2.74. The van der Waals surface area contributed by atoms with Gasteiger partial charge in [0.15, 0.2) is 0 Å². The molecule has 0 bridgehead atoms. The van der Waals surface area contributed by atoms with E-state index in [4.69, 9.17) is 4.74 Å². The van der Waals surface area contributed by atoms with E-state index in [1.165, 1.54) is 0 Å². The van der Waals surface area contributed by atoms with Crippen molar-refractivity contribution in [3.05, 3.63) is 0 Å². The fraction of sp³-hybridized carbons (Fsp3) is 0.783. The maximum absolute atomic E-state index is 13.1. The number of nitrogens with one attached hydrogen (secondary N) is 4. The van der Waals surface area contributed by atoms with Crippen molar-refractivity contribution in [2.45, 2.75) is 85.9 Å². The van der Waals surface area contributed by atoms with Gasteiger partial charge >= 0.3 is 6.09 Å². The summed E-state index contributed by atoms with van der Waals surface area (Å²) in [4.78, 5) is 61.9. The molecule has 0 aromatic rings. The van der Waals surface area contributed by atoms with Crippen molar-refractivity contribution in [3.8, 4) is 0 Å². The molecular weight excluding hydrogens is 428 g/mol.